The molecule has 0 aromatic carbocycles. The lowest BCUT2D eigenvalue weighted by Crippen LogP contribution is -2.47. The lowest BCUT2D eigenvalue weighted by molar-refractivity contribution is -0.199. The van der Waals surface area contributed by atoms with Gasteiger partial charge in [0.15, 0.2) is 0 Å². The molecule has 2 bridgehead atoms. The smallest absolute Gasteiger partial charge is 0.256 e. The van der Waals surface area contributed by atoms with Gasteiger partial charge in [-0.25, -0.2) is 0 Å². The Morgan fingerprint density at radius 2 is 0.645 bits per heavy atom. The highest BCUT2D eigenvalue weighted by molar-refractivity contribution is 6.01. The van der Waals surface area contributed by atoms with Crippen molar-refractivity contribution in [3.05, 3.63) is 0 Å². The Kier molecular flexibility index (Phi) is 37.9. The topological polar surface area (TPSA) is 373 Å². The minimum atomic E-state index is -0.240. The zero-order chi connectivity index (χ0) is 81.1. The molecular weight excluding hydrogens is 1430 g/mol. The van der Waals surface area contributed by atoms with E-state index in [4.69, 9.17) is 29.0 Å². The molecule has 13 rings (SSSR count). The maximum absolute atomic E-state index is 12.2. The van der Waals surface area contributed by atoms with Crippen LogP contribution in [0.25, 0.3) is 0 Å². The van der Waals surface area contributed by atoms with E-state index in [1.807, 2.05) is 6.92 Å². The molecule has 16 amide bonds. The van der Waals surface area contributed by atoms with Crippen LogP contribution in [-0.4, -0.2) is 192 Å². The van der Waals surface area contributed by atoms with Crippen LogP contribution >= 0.6 is 0 Å². The molecular formula is C78H122N8O24. The molecule has 32 nitrogen and oxygen atoms in total. The number of amides is 16. The highest BCUT2D eigenvalue weighted by atomic mass is 16.7. The van der Waals surface area contributed by atoms with E-state index >= 15 is 0 Å². The second-order valence-corrected chi connectivity index (χ2v) is 31.0. The molecule has 13 fully saturated rings. The first-order valence-electron chi connectivity index (χ1n) is 39.8. The minimum Gasteiger partial charge on any atom is -0.272 e. The van der Waals surface area contributed by atoms with E-state index in [9.17, 15) is 76.7 Å². The van der Waals surface area contributed by atoms with Crippen molar-refractivity contribution in [3.63, 3.8) is 0 Å². The molecule has 8 saturated heterocycles. The molecule has 110 heavy (non-hydrogen) atoms. The maximum Gasteiger partial charge on any atom is 0.256 e. The predicted octanol–water partition coefficient (Wildman–Crippen LogP) is 9.15. The summed E-state index contributed by atoms with van der Waals surface area (Å²) in [5, 5.41) is 7.22. The number of hydrogen-bond acceptors (Lipinski definition) is 24. The van der Waals surface area contributed by atoms with E-state index in [-0.39, 0.29) is 142 Å². The van der Waals surface area contributed by atoms with Crippen molar-refractivity contribution in [1.29, 1.82) is 0 Å². The van der Waals surface area contributed by atoms with Crippen LogP contribution in [0.3, 0.4) is 0 Å². The second-order valence-electron chi connectivity index (χ2n) is 31.0. The Balaban J connectivity index is 0.000000197. The van der Waals surface area contributed by atoms with Gasteiger partial charge in [-0.05, 0) is 137 Å². The van der Waals surface area contributed by atoms with Gasteiger partial charge in [0, 0.05) is 99.7 Å². The van der Waals surface area contributed by atoms with Gasteiger partial charge in [-0.1, -0.05) is 105 Å². The van der Waals surface area contributed by atoms with Gasteiger partial charge < -0.3 is 0 Å². The van der Waals surface area contributed by atoms with Crippen molar-refractivity contribution < 1.29 is 115 Å². The van der Waals surface area contributed by atoms with Crippen molar-refractivity contribution in [2.24, 2.45) is 82.9 Å². The average Bonchev–Trinajstić information content (AvgIpc) is 1.62. The van der Waals surface area contributed by atoms with Crippen LogP contribution in [0.4, 0.5) is 0 Å². The summed E-state index contributed by atoms with van der Waals surface area (Å²) in [6, 6.07) is 0. The molecule has 0 spiro atoms. The van der Waals surface area contributed by atoms with Gasteiger partial charge in [0.25, 0.3) is 94.5 Å². The molecule has 0 aromatic rings. The first-order chi connectivity index (χ1) is 52.6. The fourth-order valence-electron chi connectivity index (χ4n) is 17.4. The van der Waals surface area contributed by atoms with Crippen molar-refractivity contribution in [1.82, 2.24) is 40.5 Å². The van der Waals surface area contributed by atoms with E-state index in [0.717, 1.165) is 97.3 Å². The first-order valence-corrected chi connectivity index (χ1v) is 39.8. The number of fused-ring (bicyclic) bond motifs is 2. The Bertz CT molecular complexity index is 3140. The first kappa shape index (κ1) is 91.7. The quantitative estimate of drug-likeness (QED) is 0.0966. The molecule has 8 aliphatic heterocycles. The van der Waals surface area contributed by atoms with Gasteiger partial charge in [-0.15, -0.1) is 0 Å². The third-order valence-corrected chi connectivity index (χ3v) is 23.4. The van der Waals surface area contributed by atoms with Crippen molar-refractivity contribution in [3.8, 4) is 0 Å². The van der Waals surface area contributed by atoms with E-state index in [0.29, 0.717) is 120 Å². The highest BCUT2D eigenvalue weighted by Crippen LogP contribution is 2.53. The Labute approximate surface area is 646 Å². The normalized spacial score (nSPS) is 27.9. The molecule has 32 heteroatoms. The largest absolute Gasteiger partial charge is 0.272 e. The second kappa shape index (κ2) is 45.5. The van der Waals surface area contributed by atoms with Crippen LogP contribution in [0.15, 0.2) is 0 Å². The van der Waals surface area contributed by atoms with E-state index in [2.05, 4.69) is 16.6 Å². The van der Waals surface area contributed by atoms with Crippen molar-refractivity contribution >= 4 is 94.5 Å². The number of carbonyl (C=O) groups excluding carboxylic acids is 16. The molecule has 8 heterocycles. The molecule has 0 radical (unpaired) electrons. The monoisotopic (exact) mass is 1550 g/mol. The number of rotatable bonds is 17. The van der Waals surface area contributed by atoms with Crippen LogP contribution in [0.2, 0.25) is 0 Å². The summed E-state index contributed by atoms with van der Waals surface area (Å²) in [5.41, 5.74) is 0. The summed E-state index contributed by atoms with van der Waals surface area (Å²) in [6.07, 6.45) is 32.2. The van der Waals surface area contributed by atoms with E-state index in [1.54, 1.807) is 13.8 Å². The van der Waals surface area contributed by atoms with Crippen LogP contribution < -0.4 is 0 Å². The average molecular weight is 1560 g/mol. The summed E-state index contributed by atoms with van der Waals surface area (Å²) in [7, 11) is 10.9. The molecule has 0 aromatic heterocycles. The van der Waals surface area contributed by atoms with Gasteiger partial charge in [-0.2, -0.15) is 40.5 Å². The van der Waals surface area contributed by atoms with Crippen LogP contribution in [-0.2, 0) is 115 Å². The standard InChI is InChI=1S/C13H19NO3.C12H19NO3.C12H21NO3.C11H17NO3.C9H13NO3.C8H13NO3.C7H11NO3.C6H9NO3/c1-17-14-12(15)5-4-10(13(14)16)11-7-8-2-3-9(11)6-8;1-16-13-11(14)7-10(8-12(13)15)9-5-3-2-4-6-9;1-3-4-5-6-7-10-8-9-11(14)13(16-2)12(10)15;1-15-12-10(13)7-6-9(11(12)14)8-4-2-3-5-8;1-13-10-8(11)5-4-7(9(10)12)6-2-3-6;1-5-4-6(2)8(11)9(12-3)7(5)10;1-5-3-6(9)8(11-2)7(10)4-5;1-10-7-5(8)3-2-4-6(7)9/h8-11H,2-7H2,1H3;9-10H,2-8H2,1H3;10H,3-9H2,1-2H3;8-9H,2-7H2,1H3;6-7H,2-5H2,1H3;5-6H,4H2,1-3H3;5H,3-4H2,1-2H3;2-4H2,1H3. The minimum absolute atomic E-state index is 0.0187. The van der Waals surface area contributed by atoms with E-state index in [1.165, 1.54) is 147 Å². The molecule has 13 aliphatic rings. The number of nitrogens with zero attached hydrogens (tertiary/aromatic N) is 8. The van der Waals surface area contributed by atoms with Gasteiger partial charge >= 0.3 is 0 Å². The van der Waals surface area contributed by atoms with Crippen LogP contribution in [0.5, 0.6) is 0 Å². The SMILES string of the molecule is CCCCCCC1CCC(=O)N(OC)C1=O.CON1C(=O)C(C)CC(C)C1=O.CON1C(=O)CC(C)CC1=O.CON1C(=O)CC(C2CCCCC2)CC1=O.CON1C(=O)CCC(C2CC2)C1=O.CON1C(=O)CCC(C2CC3CCC2C3)C1=O.CON1C(=O)CCC(C2CCCC2)C1=O.CON1C(=O)CCCC1=O. The number of imide groups is 8. The van der Waals surface area contributed by atoms with Gasteiger partial charge in [0.1, 0.15) is 0 Å². The number of unbranched alkanes of at least 4 members (excludes halogenated alkanes) is 3. The fraction of sp³-hybridized carbons (Fsp3) is 0.795. The molecule has 5 saturated carbocycles. The lowest BCUT2D eigenvalue weighted by atomic mass is 9.75. The maximum atomic E-state index is 12.2. The highest BCUT2D eigenvalue weighted by Gasteiger charge is 2.50. The molecule has 5 aliphatic carbocycles. The summed E-state index contributed by atoms with van der Waals surface area (Å²) < 4.78 is 0. The third-order valence-electron chi connectivity index (χ3n) is 23.4. The Morgan fingerprint density at radius 1 is 0.282 bits per heavy atom. The van der Waals surface area contributed by atoms with Crippen LogP contribution in [0.1, 0.15) is 259 Å². The summed E-state index contributed by atoms with van der Waals surface area (Å²) in [4.78, 5) is 221. The van der Waals surface area contributed by atoms with Crippen LogP contribution in [0, 0.1) is 82.9 Å². The molecule has 9 unspecified atom stereocenters. The Hall–Kier alpha value is -7.20. The fourth-order valence-corrected chi connectivity index (χ4v) is 17.4. The summed E-state index contributed by atoms with van der Waals surface area (Å²) >= 11 is 0. The summed E-state index contributed by atoms with van der Waals surface area (Å²) in [5.74, 6) is 0.800. The third kappa shape index (κ3) is 25.1. The number of carbonyl (C=O) groups is 16. The zero-order valence-electron chi connectivity index (χ0n) is 66.9. The Morgan fingerprint density at radius 3 is 1.05 bits per heavy atom. The number of piperidine rings is 8. The van der Waals surface area contributed by atoms with Gasteiger partial charge in [0.2, 0.25) is 0 Å². The molecule has 0 N–H and O–H groups in total. The van der Waals surface area contributed by atoms with Crippen molar-refractivity contribution in [2.75, 3.05) is 56.9 Å². The van der Waals surface area contributed by atoms with Gasteiger partial charge in [0.05, 0.1) is 56.9 Å². The van der Waals surface area contributed by atoms with E-state index < -0.39 is 0 Å². The zero-order valence-corrected chi connectivity index (χ0v) is 66.9. The number of hydroxylamine groups is 16. The lowest BCUT2D eigenvalue weighted by Gasteiger charge is -2.35. The van der Waals surface area contributed by atoms with Crippen molar-refractivity contribution in [2.45, 2.75) is 259 Å². The number of hydrogen-bond donors (Lipinski definition) is 0. The summed E-state index contributed by atoms with van der Waals surface area (Å²) in [6.45, 7) is 7.65. The predicted molar refractivity (Wildman–Crippen MR) is 389 cm³/mol. The molecule has 618 valence electrons. The molecule has 9 atom stereocenters. The van der Waals surface area contributed by atoms with Gasteiger partial charge in [-0.3, -0.25) is 115 Å².